The molecule has 15 heavy (non-hydrogen) atoms. The highest BCUT2D eigenvalue weighted by atomic mass is 16.2. The average Bonchev–Trinajstić information content (AvgIpc) is 2.40. The topological polar surface area (TPSA) is 20.3 Å². The van der Waals surface area contributed by atoms with Crippen LogP contribution in [0.1, 0.15) is 20.8 Å². The molecule has 4 atom stereocenters. The van der Waals surface area contributed by atoms with E-state index in [0.29, 0.717) is 17.8 Å². The van der Waals surface area contributed by atoms with E-state index in [9.17, 15) is 4.79 Å². The molecule has 2 heteroatoms. The molecule has 2 nitrogen and oxygen atoms in total. The number of carbonyl (C=O) groups is 1. The quantitative estimate of drug-likeness (QED) is 0.556. The maximum atomic E-state index is 12.1. The molecular weight excluding hydrogens is 186 g/mol. The molecule has 0 radical (unpaired) electrons. The summed E-state index contributed by atoms with van der Waals surface area (Å²) in [5, 5.41) is 0. The lowest BCUT2D eigenvalue weighted by Gasteiger charge is -2.32. The highest BCUT2D eigenvalue weighted by Crippen LogP contribution is 2.47. The molecule has 2 aliphatic rings. The standard InChI is InChI=1S/C13H19NO/c1-7-6-8(2)11-10(4)14(5)13(15)12(11)9(7)3/h6,8-9,11-12H,4H2,1-3,5H3/t8?,9?,11-,12-/m1/s1. The lowest BCUT2D eigenvalue weighted by Crippen LogP contribution is -2.32. The van der Waals surface area contributed by atoms with Crippen LogP contribution in [0.3, 0.4) is 0 Å². The van der Waals surface area contributed by atoms with Crippen LogP contribution in [0.25, 0.3) is 0 Å². The van der Waals surface area contributed by atoms with Crippen LogP contribution >= 0.6 is 0 Å². The zero-order valence-electron chi connectivity index (χ0n) is 9.95. The molecule has 2 rings (SSSR count). The summed E-state index contributed by atoms with van der Waals surface area (Å²) in [7, 11) is 1.84. The Morgan fingerprint density at radius 1 is 1.33 bits per heavy atom. The second kappa shape index (κ2) is 3.22. The number of carbonyl (C=O) groups excluding carboxylic acids is 1. The van der Waals surface area contributed by atoms with Crippen molar-refractivity contribution in [1.29, 1.82) is 0 Å². The van der Waals surface area contributed by atoms with E-state index in [1.165, 1.54) is 5.57 Å². The maximum absolute atomic E-state index is 12.1. The number of likely N-dealkylation sites (tertiary alicyclic amines) is 1. The molecule has 1 heterocycles. The highest BCUT2D eigenvalue weighted by molar-refractivity contribution is 5.85. The maximum Gasteiger partial charge on any atom is 0.230 e. The molecule has 1 aliphatic heterocycles. The van der Waals surface area contributed by atoms with Gasteiger partial charge in [0.1, 0.15) is 0 Å². The molecule has 0 aromatic carbocycles. The Kier molecular flexibility index (Phi) is 2.25. The average molecular weight is 205 g/mol. The normalized spacial score (nSPS) is 40.5. The van der Waals surface area contributed by atoms with Crippen molar-refractivity contribution in [3.8, 4) is 0 Å². The predicted molar refractivity (Wildman–Crippen MR) is 61.0 cm³/mol. The van der Waals surface area contributed by atoms with Gasteiger partial charge in [0, 0.05) is 18.7 Å². The number of rotatable bonds is 0. The molecule has 0 spiro atoms. The van der Waals surface area contributed by atoms with E-state index in [0.717, 1.165) is 5.70 Å². The van der Waals surface area contributed by atoms with Crippen LogP contribution in [0, 0.1) is 23.7 Å². The fraction of sp³-hybridized carbons (Fsp3) is 0.615. The van der Waals surface area contributed by atoms with E-state index >= 15 is 0 Å². The summed E-state index contributed by atoms with van der Waals surface area (Å²) < 4.78 is 0. The van der Waals surface area contributed by atoms with Crippen LogP contribution in [0.2, 0.25) is 0 Å². The van der Waals surface area contributed by atoms with Crippen LogP contribution in [-0.4, -0.2) is 17.9 Å². The first kappa shape index (κ1) is 10.5. The van der Waals surface area contributed by atoms with Crippen LogP contribution in [0.15, 0.2) is 23.9 Å². The third-order valence-corrected chi connectivity index (χ3v) is 4.17. The van der Waals surface area contributed by atoms with Crippen LogP contribution in [-0.2, 0) is 4.79 Å². The summed E-state index contributed by atoms with van der Waals surface area (Å²) in [5.41, 5.74) is 2.34. The molecule has 0 saturated carbocycles. The molecule has 2 unspecified atom stereocenters. The molecule has 0 bridgehead atoms. The van der Waals surface area contributed by atoms with Crippen molar-refractivity contribution in [2.75, 3.05) is 7.05 Å². The fourth-order valence-electron chi connectivity index (χ4n) is 3.06. The molecule has 0 N–H and O–H groups in total. The second-order valence-electron chi connectivity index (χ2n) is 5.00. The molecule has 0 aromatic heterocycles. The third-order valence-electron chi connectivity index (χ3n) is 4.17. The van der Waals surface area contributed by atoms with Crippen molar-refractivity contribution >= 4 is 5.91 Å². The van der Waals surface area contributed by atoms with Crippen LogP contribution in [0.5, 0.6) is 0 Å². The van der Waals surface area contributed by atoms with Gasteiger partial charge in [-0.2, -0.15) is 0 Å². The number of allylic oxidation sites excluding steroid dienone is 3. The minimum atomic E-state index is 0.127. The summed E-state index contributed by atoms with van der Waals surface area (Å²) in [6.45, 7) is 10.5. The minimum Gasteiger partial charge on any atom is -0.319 e. The van der Waals surface area contributed by atoms with Gasteiger partial charge in [0.15, 0.2) is 0 Å². The second-order valence-corrected chi connectivity index (χ2v) is 5.00. The summed E-state index contributed by atoms with van der Waals surface area (Å²) >= 11 is 0. The first-order valence-corrected chi connectivity index (χ1v) is 5.59. The highest BCUT2D eigenvalue weighted by Gasteiger charge is 2.48. The van der Waals surface area contributed by atoms with Gasteiger partial charge in [0.25, 0.3) is 0 Å². The number of fused-ring (bicyclic) bond motifs is 1. The van der Waals surface area contributed by atoms with Gasteiger partial charge in [-0.25, -0.2) is 0 Å². The van der Waals surface area contributed by atoms with E-state index in [1.54, 1.807) is 4.90 Å². The minimum absolute atomic E-state index is 0.127. The first-order valence-electron chi connectivity index (χ1n) is 5.59. The fourth-order valence-corrected chi connectivity index (χ4v) is 3.06. The van der Waals surface area contributed by atoms with Crippen molar-refractivity contribution in [2.24, 2.45) is 23.7 Å². The lowest BCUT2D eigenvalue weighted by atomic mass is 9.69. The van der Waals surface area contributed by atoms with E-state index in [2.05, 4.69) is 33.4 Å². The molecule has 0 aromatic rings. The lowest BCUT2D eigenvalue weighted by molar-refractivity contribution is -0.130. The van der Waals surface area contributed by atoms with Crippen LogP contribution < -0.4 is 0 Å². The number of amides is 1. The van der Waals surface area contributed by atoms with Crippen molar-refractivity contribution in [3.63, 3.8) is 0 Å². The number of hydrogen-bond donors (Lipinski definition) is 0. The first-order chi connectivity index (χ1) is 6.95. The Morgan fingerprint density at radius 2 is 1.93 bits per heavy atom. The Balaban J connectivity index is 2.45. The number of hydrogen-bond acceptors (Lipinski definition) is 1. The Labute approximate surface area is 91.6 Å². The zero-order valence-corrected chi connectivity index (χ0v) is 9.95. The zero-order chi connectivity index (χ0) is 11.3. The van der Waals surface area contributed by atoms with Gasteiger partial charge in [-0.15, -0.1) is 0 Å². The van der Waals surface area contributed by atoms with Gasteiger partial charge in [0.05, 0.1) is 5.92 Å². The van der Waals surface area contributed by atoms with Crippen molar-refractivity contribution in [3.05, 3.63) is 23.9 Å². The summed E-state index contributed by atoms with van der Waals surface area (Å²) in [6, 6.07) is 0. The smallest absolute Gasteiger partial charge is 0.230 e. The Bertz CT molecular complexity index is 356. The van der Waals surface area contributed by atoms with Gasteiger partial charge in [-0.05, 0) is 18.8 Å². The van der Waals surface area contributed by atoms with Gasteiger partial charge >= 0.3 is 0 Å². The monoisotopic (exact) mass is 205 g/mol. The van der Waals surface area contributed by atoms with Gasteiger partial charge in [0.2, 0.25) is 5.91 Å². The molecular formula is C13H19NO. The molecule has 1 amide bonds. The van der Waals surface area contributed by atoms with Crippen molar-refractivity contribution in [2.45, 2.75) is 20.8 Å². The molecule has 1 aliphatic carbocycles. The van der Waals surface area contributed by atoms with Crippen molar-refractivity contribution in [1.82, 2.24) is 4.90 Å². The van der Waals surface area contributed by atoms with Gasteiger partial charge in [-0.1, -0.05) is 32.1 Å². The Hall–Kier alpha value is -1.05. The third kappa shape index (κ3) is 1.27. The van der Waals surface area contributed by atoms with E-state index in [4.69, 9.17) is 0 Å². The van der Waals surface area contributed by atoms with Crippen molar-refractivity contribution < 1.29 is 4.79 Å². The van der Waals surface area contributed by atoms with Gasteiger partial charge < -0.3 is 4.90 Å². The van der Waals surface area contributed by atoms with Gasteiger partial charge in [-0.3, -0.25) is 4.79 Å². The summed E-state index contributed by atoms with van der Waals surface area (Å²) in [5.74, 6) is 1.49. The molecule has 1 fully saturated rings. The predicted octanol–water partition coefficient (Wildman–Crippen LogP) is 2.44. The van der Waals surface area contributed by atoms with E-state index in [-0.39, 0.29) is 11.8 Å². The largest absolute Gasteiger partial charge is 0.319 e. The van der Waals surface area contributed by atoms with Crippen LogP contribution in [0.4, 0.5) is 0 Å². The number of nitrogens with zero attached hydrogens (tertiary/aromatic N) is 1. The Morgan fingerprint density at radius 3 is 2.53 bits per heavy atom. The van der Waals surface area contributed by atoms with E-state index < -0.39 is 0 Å². The molecule has 82 valence electrons. The molecule has 1 saturated heterocycles. The summed E-state index contributed by atoms with van der Waals surface area (Å²) in [6.07, 6.45) is 2.30. The SMILES string of the molecule is C=C1[C@H]2C(C)C=C(C)C(C)[C@H]2C(=O)N1C. The summed E-state index contributed by atoms with van der Waals surface area (Å²) in [4.78, 5) is 13.8. The van der Waals surface area contributed by atoms with E-state index in [1.807, 2.05) is 7.05 Å².